The second-order valence-corrected chi connectivity index (χ2v) is 2.71. The van der Waals surface area contributed by atoms with Crippen molar-refractivity contribution in [3.8, 4) is 0 Å². The summed E-state index contributed by atoms with van der Waals surface area (Å²) in [7, 11) is 0. The zero-order chi connectivity index (χ0) is 8.85. The van der Waals surface area contributed by atoms with Crippen molar-refractivity contribution in [3.63, 3.8) is 0 Å². The molecule has 2 heteroatoms. The molecule has 2 nitrogen and oxygen atoms in total. The van der Waals surface area contributed by atoms with Gasteiger partial charge in [-0.2, -0.15) is 0 Å². The minimum absolute atomic E-state index is 0.102. The van der Waals surface area contributed by atoms with Crippen LogP contribution in [0.3, 0.4) is 0 Å². The molecule has 0 radical (unpaired) electrons. The van der Waals surface area contributed by atoms with Crippen molar-refractivity contribution in [2.75, 3.05) is 0 Å². The van der Waals surface area contributed by atoms with E-state index in [1.54, 1.807) is 0 Å². The van der Waals surface area contributed by atoms with Crippen LogP contribution in [0.4, 0.5) is 0 Å². The van der Waals surface area contributed by atoms with Gasteiger partial charge in [-0.15, -0.1) is 0 Å². The van der Waals surface area contributed by atoms with Crippen LogP contribution in [0.25, 0.3) is 0 Å². The van der Waals surface area contributed by atoms with Gasteiger partial charge in [0.1, 0.15) is 0 Å². The largest absolute Gasteiger partial charge is 0.545 e. The van der Waals surface area contributed by atoms with E-state index < -0.39 is 5.97 Å². The third kappa shape index (κ3) is 3.21. The molecule has 0 aliphatic rings. The van der Waals surface area contributed by atoms with E-state index >= 15 is 0 Å². The van der Waals surface area contributed by atoms with E-state index in [1.807, 2.05) is 13.8 Å². The van der Waals surface area contributed by atoms with Gasteiger partial charge in [-0.25, -0.2) is 0 Å². The summed E-state index contributed by atoms with van der Waals surface area (Å²) in [6.45, 7) is 7.48. The molecular weight excluding hydrogens is 140 g/mol. The minimum Gasteiger partial charge on any atom is -0.545 e. The monoisotopic (exact) mass is 155 g/mol. The first kappa shape index (κ1) is 10.2. The lowest BCUT2D eigenvalue weighted by Gasteiger charge is -2.17. The van der Waals surface area contributed by atoms with Crippen molar-refractivity contribution in [3.05, 3.63) is 12.2 Å². The van der Waals surface area contributed by atoms with Crippen molar-refractivity contribution in [1.82, 2.24) is 0 Å². The number of hydrogen-bond donors (Lipinski definition) is 0. The highest BCUT2D eigenvalue weighted by Gasteiger charge is 2.09. The van der Waals surface area contributed by atoms with Gasteiger partial charge in [0.15, 0.2) is 0 Å². The van der Waals surface area contributed by atoms with Crippen molar-refractivity contribution >= 4 is 5.97 Å². The molecule has 0 saturated carbocycles. The number of carboxylic acids is 1. The SMILES string of the molecule is C=C(C(=O)[O-])C(CC)CCC. The Labute approximate surface area is 67.9 Å². The smallest absolute Gasteiger partial charge is 0.0671 e. The van der Waals surface area contributed by atoms with E-state index in [1.165, 1.54) is 0 Å². The lowest BCUT2D eigenvalue weighted by atomic mass is 9.93. The molecule has 0 heterocycles. The molecule has 0 fully saturated rings. The number of aliphatic carboxylic acids is 1. The molecule has 0 spiro atoms. The van der Waals surface area contributed by atoms with Crippen molar-refractivity contribution in [2.45, 2.75) is 33.1 Å². The van der Waals surface area contributed by atoms with Crippen LogP contribution in [-0.2, 0) is 4.79 Å². The fraction of sp³-hybridized carbons (Fsp3) is 0.667. The molecule has 0 aliphatic heterocycles. The maximum absolute atomic E-state index is 10.4. The Morgan fingerprint density at radius 3 is 2.36 bits per heavy atom. The van der Waals surface area contributed by atoms with Crippen molar-refractivity contribution in [1.29, 1.82) is 0 Å². The number of carbonyl (C=O) groups is 1. The van der Waals surface area contributed by atoms with E-state index in [2.05, 4.69) is 6.58 Å². The van der Waals surface area contributed by atoms with Gasteiger partial charge in [0.05, 0.1) is 5.97 Å². The van der Waals surface area contributed by atoms with Crippen LogP contribution in [0, 0.1) is 5.92 Å². The second kappa shape index (κ2) is 4.94. The summed E-state index contributed by atoms with van der Waals surface area (Å²) in [5.74, 6) is -1.00. The summed E-state index contributed by atoms with van der Waals surface area (Å²) >= 11 is 0. The molecule has 11 heavy (non-hydrogen) atoms. The molecule has 0 amide bonds. The Bertz CT molecular complexity index is 150. The lowest BCUT2D eigenvalue weighted by Crippen LogP contribution is -2.27. The van der Waals surface area contributed by atoms with Gasteiger partial charge in [0.25, 0.3) is 0 Å². The summed E-state index contributed by atoms with van der Waals surface area (Å²) < 4.78 is 0. The fourth-order valence-electron chi connectivity index (χ4n) is 1.14. The minimum atomic E-state index is -1.11. The fourth-order valence-corrected chi connectivity index (χ4v) is 1.14. The van der Waals surface area contributed by atoms with E-state index in [9.17, 15) is 9.90 Å². The molecule has 1 unspecified atom stereocenters. The summed E-state index contributed by atoms with van der Waals surface area (Å²) in [4.78, 5) is 10.4. The normalized spacial score (nSPS) is 12.5. The van der Waals surface area contributed by atoms with Crippen molar-refractivity contribution in [2.24, 2.45) is 5.92 Å². The summed E-state index contributed by atoms with van der Waals surface area (Å²) in [6.07, 6.45) is 2.72. The first-order valence-electron chi connectivity index (χ1n) is 4.03. The first-order valence-corrected chi connectivity index (χ1v) is 4.03. The van der Waals surface area contributed by atoms with Gasteiger partial charge in [-0.3, -0.25) is 0 Å². The van der Waals surface area contributed by atoms with Gasteiger partial charge < -0.3 is 9.90 Å². The van der Waals surface area contributed by atoms with Crippen LogP contribution >= 0.6 is 0 Å². The van der Waals surface area contributed by atoms with E-state index in [0.29, 0.717) is 0 Å². The number of rotatable bonds is 5. The molecule has 0 N–H and O–H groups in total. The zero-order valence-corrected chi connectivity index (χ0v) is 7.22. The van der Waals surface area contributed by atoms with Gasteiger partial charge in [0.2, 0.25) is 0 Å². The van der Waals surface area contributed by atoms with Crippen molar-refractivity contribution < 1.29 is 9.90 Å². The Balaban J connectivity index is 4.02. The number of hydrogen-bond acceptors (Lipinski definition) is 2. The van der Waals surface area contributed by atoms with E-state index in [4.69, 9.17) is 0 Å². The first-order chi connectivity index (χ1) is 5.13. The Morgan fingerprint density at radius 2 is 2.09 bits per heavy atom. The molecule has 0 rings (SSSR count). The van der Waals surface area contributed by atoms with Gasteiger partial charge in [-0.05, 0) is 24.3 Å². The van der Waals surface area contributed by atoms with Crippen LogP contribution in [0.2, 0.25) is 0 Å². The molecule has 0 aliphatic carbocycles. The second-order valence-electron chi connectivity index (χ2n) is 2.71. The quantitative estimate of drug-likeness (QED) is 0.558. The van der Waals surface area contributed by atoms with Gasteiger partial charge in [0, 0.05) is 0 Å². The Hall–Kier alpha value is -0.790. The highest BCUT2D eigenvalue weighted by Crippen LogP contribution is 2.18. The van der Waals surface area contributed by atoms with Crippen LogP contribution in [0.5, 0.6) is 0 Å². The van der Waals surface area contributed by atoms with Crippen LogP contribution in [-0.4, -0.2) is 5.97 Å². The highest BCUT2D eigenvalue weighted by molar-refractivity contribution is 5.84. The lowest BCUT2D eigenvalue weighted by molar-refractivity contribution is -0.300. The summed E-state index contributed by atoms with van der Waals surface area (Å²) in [6, 6.07) is 0. The third-order valence-electron chi connectivity index (χ3n) is 1.88. The molecule has 0 aromatic rings. The van der Waals surface area contributed by atoms with Crippen LogP contribution < -0.4 is 5.11 Å². The number of carbonyl (C=O) groups excluding carboxylic acids is 1. The average Bonchev–Trinajstić information content (AvgIpc) is 1.98. The molecule has 64 valence electrons. The Morgan fingerprint density at radius 1 is 1.55 bits per heavy atom. The maximum Gasteiger partial charge on any atom is 0.0671 e. The predicted octanol–water partition coefficient (Wildman–Crippen LogP) is 1.12. The predicted molar refractivity (Wildman–Crippen MR) is 42.8 cm³/mol. The molecule has 0 aromatic carbocycles. The standard InChI is InChI=1S/C9H16O2/c1-4-6-8(5-2)7(3)9(10)11/h8H,3-6H2,1-2H3,(H,10,11)/p-1. The molecule has 1 atom stereocenters. The highest BCUT2D eigenvalue weighted by atomic mass is 16.4. The summed E-state index contributed by atoms with van der Waals surface area (Å²) in [5, 5.41) is 10.4. The Kier molecular flexibility index (Phi) is 4.59. The van der Waals surface area contributed by atoms with Gasteiger partial charge in [-0.1, -0.05) is 26.8 Å². The number of carboxylic acid groups (broad SMARTS) is 1. The zero-order valence-electron chi connectivity index (χ0n) is 7.22. The molecule has 0 saturated heterocycles. The summed E-state index contributed by atoms with van der Waals surface area (Å²) in [5.41, 5.74) is 0.245. The van der Waals surface area contributed by atoms with Crippen LogP contribution in [0.1, 0.15) is 33.1 Å². The molecule has 0 aromatic heterocycles. The van der Waals surface area contributed by atoms with Crippen LogP contribution in [0.15, 0.2) is 12.2 Å². The molecule has 0 bridgehead atoms. The third-order valence-corrected chi connectivity index (χ3v) is 1.88. The topological polar surface area (TPSA) is 40.1 Å². The van der Waals surface area contributed by atoms with E-state index in [0.717, 1.165) is 19.3 Å². The van der Waals surface area contributed by atoms with Gasteiger partial charge >= 0.3 is 0 Å². The van der Waals surface area contributed by atoms with E-state index in [-0.39, 0.29) is 11.5 Å². The molecular formula is C9H15O2-. The maximum atomic E-state index is 10.4. The average molecular weight is 155 g/mol.